The van der Waals surface area contributed by atoms with E-state index in [0.29, 0.717) is 5.71 Å². The Morgan fingerprint density at radius 1 is 0.692 bits per heavy atom. The Labute approximate surface area is 150 Å². The Bertz CT molecular complexity index is 910. The van der Waals surface area contributed by atoms with Crippen molar-refractivity contribution in [2.75, 3.05) is 0 Å². The van der Waals surface area contributed by atoms with Crippen molar-refractivity contribution in [3.8, 4) is 0 Å². The van der Waals surface area contributed by atoms with Crippen LogP contribution in [-0.2, 0) is 0 Å². The molecule has 2 N–H and O–H groups in total. The summed E-state index contributed by atoms with van der Waals surface area (Å²) in [7, 11) is 0. The molecule has 0 bridgehead atoms. The van der Waals surface area contributed by atoms with Crippen molar-refractivity contribution in [2.24, 2.45) is 5.10 Å². The summed E-state index contributed by atoms with van der Waals surface area (Å²) in [5, 5.41) is 13.5. The monoisotopic (exact) mass is 344 g/mol. The number of carbonyl (C=O) groups excluding carboxylic acids is 1. The van der Waals surface area contributed by atoms with Crippen molar-refractivity contribution in [1.29, 1.82) is 0 Å². The van der Waals surface area contributed by atoms with E-state index < -0.39 is 11.9 Å². The summed E-state index contributed by atoms with van der Waals surface area (Å²) < 4.78 is 0. The molecule has 1 amide bonds. The molecule has 0 saturated heterocycles. The molecule has 0 aromatic heterocycles. The highest BCUT2D eigenvalue weighted by Crippen LogP contribution is 2.12. The molecule has 128 valence electrons. The molecule has 0 spiro atoms. The van der Waals surface area contributed by atoms with Crippen LogP contribution in [0.25, 0.3) is 0 Å². The molecule has 0 saturated carbocycles. The lowest BCUT2D eigenvalue weighted by atomic mass is 10.0. The maximum absolute atomic E-state index is 12.5. The van der Waals surface area contributed by atoms with Gasteiger partial charge in [0.25, 0.3) is 5.91 Å². The molecule has 3 rings (SSSR count). The number of nitrogens with one attached hydrogen (secondary N) is 1. The van der Waals surface area contributed by atoms with Crippen molar-refractivity contribution in [3.63, 3.8) is 0 Å². The summed E-state index contributed by atoms with van der Waals surface area (Å²) in [5.74, 6) is -1.74. The van der Waals surface area contributed by atoms with Crippen molar-refractivity contribution in [1.82, 2.24) is 5.43 Å². The average Bonchev–Trinajstić information content (AvgIpc) is 2.69. The van der Waals surface area contributed by atoms with E-state index >= 15 is 0 Å². The van der Waals surface area contributed by atoms with Gasteiger partial charge in [0, 0.05) is 11.1 Å². The molecule has 3 aromatic rings. The minimum absolute atomic E-state index is 0.0595. The first-order chi connectivity index (χ1) is 12.7. The first kappa shape index (κ1) is 17.1. The van der Waals surface area contributed by atoms with E-state index in [1.54, 1.807) is 12.1 Å². The van der Waals surface area contributed by atoms with Gasteiger partial charge in [0.15, 0.2) is 0 Å². The standard InChI is InChI=1S/C21H16N2O3/c24-20(17-13-7-8-14-18(17)21(25)26)23-22-19(15-9-3-1-4-10-15)16-11-5-2-6-12-16/h1-14H,(H,23,24)(H,25,26). The van der Waals surface area contributed by atoms with Crippen LogP contribution in [0, 0.1) is 0 Å². The molecule has 5 heteroatoms. The molecule has 0 radical (unpaired) electrons. The summed E-state index contributed by atoms with van der Waals surface area (Å²) in [6.45, 7) is 0. The SMILES string of the molecule is O=C(O)c1ccccc1C(=O)NN=C(c1ccccc1)c1ccccc1. The van der Waals surface area contributed by atoms with Crippen LogP contribution in [-0.4, -0.2) is 22.7 Å². The summed E-state index contributed by atoms with van der Waals surface area (Å²) in [6, 6.07) is 24.9. The zero-order chi connectivity index (χ0) is 18.4. The van der Waals surface area contributed by atoms with Gasteiger partial charge in [-0.3, -0.25) is 4.79 Å². The smallest absolute Gasteiger partial charge is 0.336 e. The summed E-state index contributed by atoms with van der Waals surface area (Å²) in [6.07, 6.45) is 0. The predicted molar refractivity (Wildman–Crippen MR) is 99.4 cm³/mol. The Morgan fingerprint density at radius 2 is 1.15 bits per heavy atom. The summed E-state index contributed by atoms with van der Waals surface area (Å²) >= 11 is 0. The van der Waals surface area contributed by atoms with E-state index in [1.165, 1.54) is 12.1 Å². The molecule has 0 fully saturated rings. The van der Waals surface area contributed by atoms with E-state index in [2.05, 4.69) is 10.5 Å². The van der Waals surface area contributed by atoms with Crippen LogP contribution in [0.2, 0.25) is 0 Å². The topological polar surface area (TPSA) is 78.8 Å². The van der Waals surface area contributed by atoms with Gasteiger partial charge in [0.1, 0.15) is 0 Å². The average molecular weight is 344 g/mol. The fraction of sp³-hybridized carbons (Fsp3) is 0. The minimum atomic E-state index is -1.16. The van der Waals surface area contributed by atoms with Crippen LogP contribution in [0.3, 0.4) is 0 Å². The Kier molecular flexibility index (Phi) is 5.19. The zero-order valence-electron chi connectivity index (χ0n) is 13.8. The van der Waals surface area contributed by atoms with Gasteiger partial charge in [0.05, 0.1) is 16.8 Å². The summed E-state index contributed by atoms with van der Waals surface area (Å²) in [5.41, 5.74) is 4.74. The number of carboxylic acids is 1. The third kappa shape index (κ3) is 3.84. The van der Waals surface area contributed by atoms with Crippen molar-refractivity contribution in [3.05, 3.63) is 107 Å². The van der Waals surface area contributed by atoms with E-state index in [1.807, 2.05) is 60.7 Å². The van der Waals surface area contributed by atoms with Crippen LogP contribution in [0.15, 0.2) is 90.0 Å². The number of carboxylic acid groups (broad SMARTS) is 1. The van der Waals surface area contributed by atoms with Crippen molar-refractivity contribution in [2.45, 2.75) is 0 Å². The van der Waals surface area contributed by atoms with Gasteiger partial charge in [-0.2, -0.15) is 5.10 Å². The van der Waals surface area contributed by atoms with E-state index in [0.717, 1.165) is 11.1 Å². The molecular weight excluding hydrogens is 328 g/mol. The van der Waals surface area contributed by atoms with Gasteiger partial charge >= 0.3 is 5.97 Å². The number of carbonyl (C=O) groups is 2. The number of nitrogens with zero attached hydrogens (tertiary/aromatic N) is 1. The van der Waals surface area contributed by atoms with Crippen molar-refractivity contribution < 1.29 is 14.7 Å². The van der Waals surface area contributed by atoms with Crippen LogP contribution in [0.5, 0.6) is 0 Å². The molecule has 0 aliphatic heterocycles. The number of hydrogen-bond acceptors (Lipinski definition) is 3. The number of rotatable bonds is 5. The molecule has 5 nitrogen and oxygen atoms in total. The van der Waals surface area contributed by atoms with Gasteiger partial charge in [-0.15, -0.1) is 0 Å². The predicted octanol–water partition coefficient (Wildman–Crippen LogP) is 3.57. The van der Waals surface area contributed by atoms with Crippen molar-refractivity contribution >= 4 is 17.6 Å². The fourth-order valence-corrected chi connectivity index (χ4v) is 2.52. The minimum Gasteiger partial charge on any atom is -0.478 e. The molecule has 0 heterocycles. The second-order valence-corrected chi connectivity index (χ2v) is 5.48. The second kappa shape index (κ2) is 7.90. The number of amides is 1. The van der Waals surface area contributed by atoms with Gasteiger partial charge in [-0.1, -0.05) is 72.8 Å². The molecule has 0 aliphatic carbocycles. The quantitative estimate of drug-likeness (QED) is 0.549. The van der Waals surface area contributed by atoms with Gasteiger partial charge in [-0.25, -0.2) is 10.2 Å². The van der Waals surface area contributed by atoms with Crippen LogP contribution in [0.1, 0.15) is 31.8 Å². The Balaban J connectivity index is 1.95. The first-order valence-electron chi connectivity index (χ1n) is 7.98. The molecule has 0 unspecified atom stereocenters. The lowest BCUT2D eigenvalue weighted by molar-refractivity contribution is 0.0691. The van der Waals surface area contributed by atoms with Gasteiger partial charge < -0.3 is 5.11 Å². The highest BCUT2D eigenvalue weighted by Gasteiger charge is 2.16. The number of aromatic carboxylic acids is 1. The molecule has 3 aromatic carbocycles. The Hall–Kier alpha value is -3.73. The third-order valence-electron chi connectivity index (χ3n) is 3.77. The van der Waals surface area contributed by atoms with E-state index in [9.17, 15) is 14.7 Å². The van der Waals surface area contributed by atoms with Gasteiger partial charge in [0.2, 0.25) is 0 Å². The molecule has 0 aliphatic rings. The lowest BCUT2D eigenvalue weighted by Crippen LogP contribution is -2.23. The van der Waals surface area contributed by atoms with Crippen LogP contribution < -0.4 is 5.43 Å². The maximum atomic E-state index is 12.5. The number of hydrogen-bond donors (Lipinski definition) is 2. The van der Waals surface area contributed by atoms with E-state index in [4.69, 9.17) is 0 Å². The molecule has 26 heavy (non-hydrogen) atoms. The van der Waals surface area contributed by atoms with Crippen LogP contribution >= 0.6 is 0 Å². The molecular formula is C21H16N2O3. The number of hydrazone groups is 1. The number of benzene rings is 3. The largest absolute Gasteiger partial charge is 0.478 e. The summed E-state index contributed by atoms with van der Waals surface area (Å²) in [4.78, 5) is 23.7. The third-order valence-corrected chi connectivity index (χ3v) is 3.77. The molecule has 0 atom stereocenters. The first-order valence-corrected chi connectivity index (χ1v) is 7.98. The lowest BCUT2D eigenvalue weighted by Gasteiger charge is -2.09. The highest BCUT2D eigenvalue weighted by atomic mass is 16.4. The van der Waals surface area contributed by atoms with E-state index in [-0.39, 0.29) is 11.1 Å². The normalized spacial score (nSPS) is 10.0. The fourth-order valence-electron chi connectivity index (χ4n) is 2.52. The zero-order valence-corrected chi connectivity index (χ0v) is 13.8. The maximum Gasteiger partial charge on any atom is 0.336 e. The highest BCUT2D eigenvalue weighted by molar-refractivity contribution is 6.13. The van der Waals surface area contributed by atoms with Crippen LogP contribution in [0.4, 0.5) is 0 Å². The Morgan fingerprint density at radius 3 is 1.65 bits per heavy atom. The second-order valence-electron chi connectivity index (χ2n) is 5.48. The van der Waals surface area contributed by atoms with Gasteiger partial charge in [-0.05, 0) is 12.1 Å².